The van der Waals surface area contributed by atoms with E-state index in [4.69, 9.17) is 5.11 Å². The van der Waals surface area contributed by atoms with E-state index >= 15 is 0 Å². The van der Waals surface area contributed by atoms with Crippen molar-refractivity contribution < 1.29 is 14.3 Å². The molecule has 3 nitrogen and oxygen atoms in total. The molecule has 0 atom stereocenters. The Labute approximate surface area is 75.2 Å². The molecular formula is C9H10FNO2. The van der Waals surface area contributed by atoms with Gasteiger partial charge in [-0.15, -0.1) is 0 Å². The summed E-state index contributed by atoms with van der Waals surface area (Å²) in [7, 11) is 1.62. The lowest BCUT2D eigenvalue weighted by Gasteiger charge is -2.00. The van der Waals surface area contributed by atoms with Crippen LogP contribution in [0.2, 0.25) is 0 Å². The van der Waals surface area contributed by atoms with Crippen molar-refractivity contribution in [3.8, 4) is 5.75 Å². The fourth-order valence-corrected chi connectivity index (χ4v) is 0.998. The first kappa shape index (κ1) is 9.67. The predicted octanol–water partition coefficient (Wildman–Crippen LogP) is 0.933. The van der Waals surface area contributed by atoms with Gasteiger partial charge in [0.15, 0.2) is 5.78 Å². The average molecular weight is 183 g/mol. The van der Waals surface area contributed by atoms with Crippen molar-refractivity contribution >= 4 is 5.78 Å². The Morgan fingerprint density at radius 1 is 1.54 bits per heavy atom. The Bertz CT molecular complexity index is 305. The zero-order valence-electron chi connectivity index (χ0n) is 7.17. The zero-order chi connectivity index (χ0) is 9.84. The minimum atomic E-state index is -0.612. The topological polar surface area (TPSA) is 49.3 Å². The molecule has 0 amide bonds. The highest BCUT2D eigenvalue weighted by Gasteiger charge is 2.07. The fraction of sp³-hybridized carbons (Fsp3) is 0.222. The van der Waals surface area contributed by atoms with Crippen molar-refractivity contribution in [1.29, 1.82) is 0 Å². The molecule has 0 saturated carbocycles. The van der Waals surface area contributed by atoms with Crippen LogP contribution in [0.1, 0.15) is 10.4 Å². The number of rotatable bonds is 3. The molecular weight excluding hydrogens is 173 g/mol. The van der Waals surface area contributed by atoms with Crippen molar-refractivity contribution in [3.63, 3.8) is 0 Å². The summed E-state index contributed by atoms with van der Waals surface area (Å²) >= 11 is 0. The predicted molar refractivity (Wildman–Crippen MR) is 46.3 cm³/mol. The lowest BCUT2D eigenvalue weighted by Crippen LogP contribution is -2.18. The van der Waals surface area contributed by atoms with Gasteiger partial charge in [-0.3, -0.25) is 4.79 Å². The van der Waals surface area contributed by atoms with Gasteiger partial charge < -0.3 is 10.4 Å². The van der Waals surface area contributed by atoms with Gasteiger partial charge in [-0.2, -0.15) is 0 Å². The maximum absolute atomic E-state index is 12.7. The summed E-state index contributed by atoms with van der Waals surface area (Å²) in [5.41, 5.74) is 0.173. The average Bonchev–Trinajstić information content (AvgIpc) is 2.03. The summed E-state index contributed by atoms with van der Waals surface area (Å²) < 4.78 is 12.7. The van der Waals surface area contributed by atoms with Crippen LogP contribution in [0.25, 0.3) is 0 Å². The third-order valence-corrected chi connectivity index (χ3v) is 1.54. The van der Waals surface area contributed by atoms with Gasteiger partial charge in [0.05, 0.1) is 6.54 Å². The maximum atomic E-state index is 12.7. The van der Waals surface area contributed by atoms with E-state index in [1.165, 1.54) is 6.07 Å². The van der Waals surface area contributed by atoms with Crippen LogP contribution in [0.15, 0.2) is 18.2 Å². The van der Waals surface area contributed by atoms with E-state index in [1.807, 2.05) is 0 Å². The molecule has 0 aliphatic carbocycles. The first-order chi connectivity index (χ1) is 6.13. The van der Waals surface area contributed by atoms with Crippen molar-refractivity contribution in [3.05, 3.63) is 29.6 Å². The molecule has 1 rings (SSSR count). The molecule has 0 aliphatic heterocycles. The SMILES string of the molecule is CNCC(=O)c1cc(O)cc(F)c1. The molecule has 0 aliphatic rings. The molecule has 1 aromatic carbocycles. The Kier molecular flexibility index (Phi) is 2.97. The highest BCUT2D eigenvalue weighted by molar-refractivity contribution is 5.97. The number of aromatic hydroxyl groups is 1. The van der Waals surface area contributed by atoms with E-state index in [1.54, 1.807) is 7.05 Å². The number of carbonyl (C=O) groups is 1. The van der Waals surface area contributed by atoms with E-state index in [0.29, 0.717) is 0 Å². The molecule has 1 aromatic rings. The van der Waals surface area contributed by atoms with Crippen LogP contribution in [0.5, 0.6) is 5.75 Å². The first-order valence-corrected chi connectivity index (χ1v) is 3.81. The summed E-state index contributed by atoms with van der Waals surface area (Å²) in [4.78, 5) is 11.2. The monoisotopic (exact) mass is 183 g/mol. The van der Waals surface area contributed by atoms with Gasteiger partial charge in [0.2, 0.25) is 0 Å². The van der Waals surface area contributed by atoms with Crippen molar-refractivity contribution in [2.45, 2.75) is 0 Å². The molecule has 0 fully saturated rings. The minimum Gasteiger partial charge on any atom is -0.508 e. The summed E-state index contributed by atoms with van der Waals surface area (Å²) in [6, 6.07) is 3.29. The number of likely N-dealkylation sites (N-methyl/N-ethyl adjacent to an activating group) is 1. The molecule has 13 heavy (non-hydrogen) atoms. The van der Waals surface area contributed by atoms with Gasteiger partial charge in [0.25, 0.3) is 0 Å². The lowest BCUT2D eigenvalue weighted by molar-refractivity contribution is 0.0992. The first-order valence-electron chi connectivity index (χ1n) is 3.81. The van der Waals surface area contributed by atoms with Crippen LogP contribution in [0, 0.1) is 5.82 Å². The number of hydrogen-bond donors (Lipinski definition) is 2. The zero-order valence-corrected chi connectivity index (χ0v) is 7.17. The number of nitrogens with one attached hydrogen (secondary N) is 1. The maximum Gasteiger partial charge on any atom is 0.176 e. The van der Waals surface area contributed by atoms with Gasteiger partial charge in [-0.25, -0.2) is 4.39 Å². The molecule has 0 spiro atoms. The van der Waals surface area contributed by atoms with Crippen LogP contribution >= 0.6 is 0 Å². The molecule has 0 radical (unpaired) electrons. The Hall–Kier alpha value is -1.42. The number of Topliss-reactive ketones (excluding diaryl/α,β-unsaturated/α-hetero) is 1. The van der Waals surface area contributed by atoms with Crippen molar-refractivity contribution in [1.82, 2.24) is 5.32 Å². The summed E-state index contributed by atoms with van der Waals surface area (Å²) in [5.74, 6) is -1.10. The molecule has 0 bridgehead atoms. The van der Waals surface area contributed by atoms with Gasteiger partial charge in [-0.05, 0) is 19.2 Å². The smallest absolute Gasteiger partial charge is 0.176 e. The standard InChI is InChI=1S/C9H10FNO2/c1-11-5-9(13)6-2-7(10)4-8(12)3-6/h2-4,11-12H,5H2,1H3. The van der Waals surface area contributed by atoms with Crippen LogP contribution in [0.4, 0.5) is 4.39 Å². The van der Waals surface area contributed by atoms with Crippen molar-refractivity contribution in [2.75, 3.05) is 13.6 Å². The fourth-order valence-electron chi connectivity index (χ4n) is 0.998. The third kappa shape index (κ3) is 2.52. The number of hydrogen-bond acceptors (Lipinski definition) is 3. The minimum absolute atomic E-state index is 0.128. The van der Waals surface area contributed by atoms with Crippen LogP contribution in [-0.4, -0.2) is 24.5 Å². The Balaban J connectivity index is 2.94. The second-order valence-corrected chi connectivity index (χ2v) is 2.65. The third-order valence-electron chi connectivity index (χ3n) is 1.54. The molecule has 70 valence electrons. The second-order valence-electron chi connectivity index (χ2n) is 2.65. The van der Waals surface area contributed by atoms with Crippen LogP contribution in [0.3, 0.4) is 0 Å². The van der Waals surface area contributed by atoms with Gasteiger partial charge >= 0.3 is 0 Å². The number of halogens is 1. The quantitative estimate of drug-likeness (QED) is 0.685. The van der Waals surface area contributed by atoms with Crippen LogP contribution < -0.4 is 5.32 Å². The lowest BCUT2D eigenvalue weighted by atomic mass is 10.1. The van der Waals surface area contributed by atoms with Crippen LogP contribution in [-0.2, 0) is 0 Å². The Morgan fingerprint density at radius 3 is 2.77 bits per heavy atom. The largest absolute Gasteiger partial charge is 0.508 e. The van der Waals surface area contributed by atoms with Gasteiger partial charge in [0, 0.05) is 11.6 Å². The number of carbonyl (C=O) groups excluding carboxylic acids is 1. The molecule has 0 unspecified atom stereocenters. The number of phenols is 1. The van der Waals surface area contributed by atoms with Gasteiger partial charge in [0.1, 0.15) is 11.6 Å². The van der Waals surface area contributed by atoms with Crippen molar-refractivity contribution in [2.24, 2.45) is 0 Å². The molecule has 0 aromatic heterocycles. The van der Waals surface area contributed by atoms with E-state index in [9.17, 15) is 9.18 Å². The van der Waals surface area contributed by atoms with Gasteiger partial charge in [-0.1, -0.05) is 0 Å². The van der Waals surface area contributed by atoms with E-state index < -0.39 is 5.82 Å². The number of ketones is 1. The molecule has 0 heterocycles. The van der Waals surface area contributed by atoms with E-state index in [-0.39, 0.29) is 23.6 Å². The number of benzene rings is 1. The van der Waals surface area contributed by atoms with E-state index in [2.05, 4.69) is 5.32 Å². The second kappa shape index (κ2) is 4.00. The highest BCUT2D eigenvalue weighted by Crippen LogP contribution is 2.14. The summed E-state index contributed by atoms with van der Waals surface area (Å²) in [5, 5.41) is 11.6. The highest BCUT2D eigenvalue weighted by atomic mass is 19.1. The normalized spacial score (nSPS) is 10.0. The molecule has 4 heteroatoms. The Morgan fingerprint density at radius 2 is 2.23 bits per heavy atom. The summed E-state index contributed by atoms with van der Waals surface area (Å²) in [6.07, 6.45) is 0. The molecule has 2 N–H and O–H groups in total. The molecule has 0 saturated heterocycles. The number of phenolic OH excluding ortho intramolecular Hbond substituents is 1. The summed E-state index contributed by atoms with van der Waals surface area (Å²) in [6.45, 7) is 0.128. The van der Waals surface area contributed by atoms with E-state index in [0.717, 1.165) is 12.1 Å².